The smallest absolute Gasteiger partial charge is 0.147 e. The standard InChI is InChI=1S/C14H18N4S/c1-3-12-13(18-15)16-9-17-14(12)19-8-11-6-4-5-10(2)7-11/h4-7,9H,3,8,15H2,1-2H3,(H,16,17,18). The Labute approximate surface area is 117 Å². The van der Waals surface area contributed by atoms with E-state index >= 15 is 0 Å². The monoisotopic (exact) mass is 274 g/mol. The molecule has 0 saturated carbocycles. The summed E-state index contributed by atoms with van der Waals surface area (Å²) in [4.78, 5) is 8.49. The van der Waals surface area contributed by atoms with Gasteiger partial charge in [-0.3, -0.25) is 0 Å². The van der Waals surface area contributed by atoms with Gasteiger partial charge in [-0.2, -0.15) is 0 Å². The Balaban J connectivity index is 2.15. The Hall–Kier alpha value is -1.59. The van der Waals surface area contributed by atoms with Crippen LogP contribution in [0.1, 0.15) is 23.6 Å². The van der Waals surface area contributed by atoms with Crippen molar-refractivity contribution in [3.05, 3.63) is 47.3 Å². The molecule has 0 spiro atoms. The normalized spacial score (nSPS) is 10.5. The van der Waals surface area contributed by atoms with Gasteiger partial charge < -0.3 is 5.43 Å². The van der Waals surface area contributed by atoms with Crippen LogP contribution in [0.4, 0.5) is 5.82 Å². The van der Waals surface area contributed by atoms with Crippen molar-refractivity contribution < 1.29 is 0 Å². The van der Waals surface area contributed by atoms with Gasteiger partial charge >= 0.3 is 0 Å². The van der Waals surface area contributed by atoms with Gasteiger partial charge in [0.25, 0.3) is 0 Å². The van der Waals surface area contributed by atoms with Gasteiger partial charge in [-0.15, -0.1) is 11.8 Å². The third-order valence-electron chi connectivity index (χ3n) is 2.85. The Morgan fingerprint density at radius 3 is 2.84 bits per heavy atom. The predicted octanol–water partition coefficient (Wildman–Crippen LogP) is 2.93. The number of hydrazine groups is 1. The van der Waals surface area contributed by atoms with Gasteiger partial charge in [0.1, 0.15) is 17.2 Å². The van der Waals surface area contributed by atoms with Crippen LogP contribution in [0.25, 0.3) is 0 Å². The van der Waals surface area contributed by atoms with Gasteiger partial charge in [-0.25, -0.2) is 15.8 Å². The molecule has 0 saturated heterocycles. The van der Waals surface area contributed by atoms with Crippen LogP contribution in [0.15, 0.2) is 35.6 Å². The van der Waals surface area contributed by atoms with E-state index in [1.54, 1.807) is 18.1 Å². The van der Waals surface area contributed by atoms with Gasteiger partial charge in [-0.1, -0.05) is 36.8 Å². The first-order valence-electron chi connectivity index (χ1n) is 6.23. The minimum Gasteiger partial charge on any atom is -0.308 e. The number of anilines is 1. The van der Waals surface area contributed by atoms with Crippen LogP contribution in [0.2, 0.25) is 0 Å². The van der Waals surface area contributed by atoms with Crippen molar-refractivity contribution in [2.75, 3.05) is 5.43 Å². The van der Waals surface area contributed by atoms with E-state index in [1.807, 2.05) is 0 Å². The summed E-state index contributed by atoms with van der Waals surface area (Å²) in [5.41, 5.74) is 6.28. The number of aryl methyl sites for hydroxylation is 1. The Kier molecular flexibility index (Phi) is 4.76. The Morgan fingerprint density at radius 1 is 1.32 bits per heavy atom. The highest BCUT2D eigenvalue weighted by atomic mass is 32.2. The third-order valence-corrected chi connectivity index (χ3v) is 3.96. The van der Waals surface area contributed by atoms with E-state index < -0.39 is 0 Å². The molecule has 0 aliphatic rings. The fourth-order valence-electron chi connectivity index (χ4n) is 1.92. The van der Waals surface area contributed by atoms with Crippen molar-refractivity contribution >= 4 is 17.6 Å². The quantitative estimate of drug-likeness (QED) is 0.380. The molecule has 2 rings (SSSR count). The lowest BCUT2D eigenvalue weighted by Crippen LogP contribution is -2.12. The van der Waals surface area contributed by atoms with E-state index in [1.165, 1.54) is 11.1 Å². The zero-order valence-corrected chi connectivity index (χ0v) is 12.0. The summed E-state index contributed by atoms with van der Waals surface area (Å²) in [5.74, 6) is 7.08. The molecule has 1 heterocycles. The van der Waals surface area contributed by atoms with Crippen LogP contribution < -0.4 is 11.3 Å². The van der Waals surface area contributed by atoms with Gasteiger partial charge in [0, 0.05) is 11.3 Å². The first-order valence-corrected chi connectivity index (χ1v) is 7.22. The largest absolute Gasteiger partial charge is 0.308 e. The summed E-state index contributed by atoms with van der Waals surface area (Å²) in [6, 6.07) is 8.52. The lowest BCUT2D eigenvalue weighted by molar-refractivity contribution is 0.940. The van der Waals surface area contributed by atoms with E-state index in [-0.39, 0.29) is 0 Å². The summed E-state index contributed by atoms with van der Waals surface area (Å²) >= 11 is 1.72. The highest BCUT2D eigenvalue weighted by Gasteiger charge is 2.09. The van der Waals surface area contributed by atoms with E-state index in [0.29, 0.717) is 5.82 Å². The molecule has 5 heteroatoms. The Bertz CT molecular complexity index is 557. The van der Waals surface area contributed by atoms with Gasteiger partial charge in [0.15, 0.2) is 0 Å². The molecule has 1 aromatic heterocycles. The molecule has 19 heavy (non-hydrogen) atoms. The second kappa shape index (κ2) is 6.54. The summed E-state index contributed by atoms with van der Waals surface area (Å²) < 4.78 is 0. The number of benzene rings is 1. The zero-order valence-electron chi connectivity index (χ0n) is 11.2. The molecular formula is C14H18N4S. The minimum atomic E-state index is 0.712. The van der Waals surface area contributed by atoms with Crippen molar-refractivity contribution in [2.45, 2.75) is 31.0 Å². The van der Waals surface area contributed by atoms with Crippen LogP contribution >= 0.6 is 11.8 Å². The Morgan fingerprint density at radius 2 is 2.16 bits per heavy atom. The zero-order chi connectivity index (χ0) is 13.7. The molecule has 2 aromatic rings. The molecule has 0 atom stereocenters. The highest BCUT2D eigenvalue weighted by Crippen LogP contribution is 2.27. The number of aromatic nitrogens is 2. The van der Waals surface area contributed by atoms with Crippen LogP contribution in [-0.2, 0) is 12.2 Å². The maximum atomic E-state index is 5.47. The van der Waals surface area contributed by atoms with Crippen LogP contribution in [0.3, 0.4) is 0 Å². The van der Waals surface area contributed by atoms with Gasteiger partial charge in [-0.05, 0) is 18.9 Å². The minimum absolute atomic E-state index is 0.712. The van der Waals surface area contributed by atoms with Gasteiger partial charge in [0.05, 0.1) is 0 Å². The average molecular weight is 274 g/mol. The number of nitrogens with zero attached hydrogens (tertiary/aromatic N) is 2. The third kappa shape index (κ3) is 3.45. The number of nitrogens with one attached hydrogen (secondary N) is 1. The summed E-state index contributed by atoms with van der Waals surface area (Å²) in [6.45, 7) is 4.18. The number of nitrogens with two attached hydrogens (primary N) is 1. The van der Waals surface area contributed by atoms with E-state index in [0.717, 1.165) is 22.8 Å². The number of nitrogen functional groups attached to an aromatic ring is 1. The fourth-order valence-corrected chi connectivity index (χ4v) is 2.94. The predicted molar refractivity (Wildman–Crippen MR) is 80.0 cm³/mol. The summed E-state index contributed by atoms with van der Waals surface area (Å²) in [5, 5.41) is 0.993. The molecule has 100 valence electrons. The molecule has 0 unspecified atom stereocenters. The molecule has 0 radical (unpaired) electrons. The first-order chi connectivity index (χ1) is 9.24. The van der Waals surface area contributed by atoms with E-state index in [9.17, 15) is 0 Å². The van der Waals surface area contributed by atoms with Crippen molar-refractivity contribution in [1.29, 1.82) is 0 Å². The number of hydrogen-bond donors (Lipinski definition) is 2. The second-order valence-corrected chi connectivity index (χ2v) is 5.25. The molecule has 3 N–H and O–H groups in total. The molecule has 0 fully saturated rings. The fraction of sp³-hybridized carbons (Fsp3) is 0.286. The second-order valence-electron chi connectivity index (χ2n) is 4.28. The van der Waals surface area contributed by atoms with E-state index in [2.05, 4.69) is 53.5 Å². The lowest BCUT2D eigenvalue weighted by atomic mass is 10.2. The van der Waals surface area contributed by atoms with Crippen LogP contribution in [0, 0.1) is 6.92 Å². The molecule has 0 aliphatic carbocycles. The maximum absolute atomic E-state index is 5.47. The molecular weight excluding hydrogens is 256 g/mol. The number of rotatable bonds is 5. The SMILES string of the molecule is CCc1c(NN)ncnc1SCc1cccc(C)c1. The number of thioether (sulfide) groups is 1. The van der Waals surface area contributed by atoms with Crippen molar-refractivity contribution in [3.63, 3.8) is 0 Å². The van der Waals surface area contributed by atoms with Crippen molar-refractivity contribution in [1.82, 2.24) is 9.97 Å². The molecule has 0 amide bonds. The average Bonchev–Trinajstić information content (AvgIpc) is 2.44. The molecule has 1 aromatic carbocycles. The molecule has 4 nitrogen and oxygen atoms in total. The van der Waals surface area contributed by atoms with Crippen LogP contribution in [0.5, 0.6) is 0 Å². The van der Waals surface area contributed by atoms with Crippen molar-refractivity contribution in [2.24, 2.45) is 5.84 Å². The lowest BCUT2D eigenvalue weighted by Gasteiger charge is -2.10. The number of hydrogen-bond acceptors (Lipinski definition) is 5. The highest BCUT2D eigenvalue weighted by molar-refractivity contribution is 7.98. The van der Waals surface area contributed by atoms with Crippen molar-refractivity contribution in [3.8, 4) is 0 Å². The van der Waals surface area contributed by atoms with Gasteiger partial charge in [0.2, 0.25) is 0 Å². The molecule has 0 aliphatic heterocycles. The first kappa shape index (κ1) is 13.8. The van der Waals surface area contributed by atoms with E-state index in [4.69, 9.17) is 5.84 Å². The summed E-state index contributed by atoms with van der Waals surface area (Å²) in [6.07, 6.45) is 2.41. The topological polar surface area (TPSA) is 63.8 Å². The summed E-state index contributed by atoms with van der Waals surface area (Å²) in [7, 11) is 0. The maximum Gasteiger partial charge on any atom is 0.147 e. The molecule has 0 bridgehead atoms. The van der Waals surface area contributed by atoms with Crippen LogP contribution in [-0.4, -0.2) is 9.97 Å².